The van der Waals surface area contributed by atoms with Gasteiger partial charge in [-0.05, 0) is 53.2 Å². The molecule has 1 rings (SSSR count). The monoisotopic (exact) mass is 308 g/mol. The molecule has 0 bridgehead atoms. The van der Waals surface area contributed by atoms with Gasteiger partial charge in [-0.1, -0.05) is 0 Å². The lowest BCUT2D eigenvalue weighted by Gasteiger charge is -2.29. The summed E-state index contributed by atoms with van der Waals surface area (Å²) in [5.74, 6) is -0.289. The van der Waals surface area contributed by atoms with Gasteiger partial charge in [0.15, 0.2) is 0 Å². The fourth-order valence-corrected chi connectivity index (χ4v) is 2.74. The van der Waals surface area contributed by atoms with E-state index in [1.54, 1.807) is 40.7 Å². The zero-order valence-electron chi connectivity index (χ0n) is 14.1. The Bertz CT molecular complexity index is 603. The van der Waals surface area contributed by atoms with E-state index in [4.69, 9.17) is 0 Å². The molecule has 1 aromatic rings. The van der Waals surface area contributed by atoms with Crippen LogP contribution >= 0.6 is 0 Å². The van der Waals surface area contributed by atoms with Crippen LogP contribution in [0.4, 0.5) is 5.69 Å². The standard InChI is InChI=1S/C16H24N2O4/c1-7-17(9-16(5,6)20)15(19)13-10(2)8-11(3)14(12(13)4)18(21)22/h8,20H,7,9H2,1-6H3. The van der Waals surface area contributed by atoms with Gasteiger partial charge in [0, 0.05) is 24.2 Å². The molecule has 0 spiro atoms. The van der Waals surface area contributed by atoms with E-state index >= 15 is 0 Å². The minimum Gasteiger partial charge on any atom is -0.389 e. The molecule has 6 heteroatoms. The lowest BCUT2D eigenvalue weighted by Crippen LogP contribution is -2.42. The number of carbonyl (C=O) groups is 1. The van der Waals surface area contributed by atoms with Gasteiger partial charge in [-0.2, -0.15) is 0 Å². The molecule has 0 aliphatic carbocycles. The predicted molar refractivity (Wildman–Crippen MR) is 85.2 cm³/mol. The molecule has 6 nitrogen and oxygen atoms in total. The van der Waals surface area contributed by atoms with Gasteiger partial charge in [0.2, 0.25) is 0 Å². The summed E-state index contributed by atoms with van der Waals surface area (Å²) < 4.78 is 0. The summed E-state index contributed by atoms with van der Waals surface area (Å²) in [4.78, 5) is 25.1. The highest BCUT2D eigenvalue weighted by Crippen LogP contribution is 2.29. The summed E-state index contributed by atoms with van der Waals surface area (Å²) in [6.45, 7) is 10.7. The van der Waals surface area contributed by atoms with Gasteiger partial charge in [0.25, 0.3) is 11.6 Å². The lowest BCUT2D eigenvalue weighted by atomic mass is 9.96. The first-order valence-electron chi connectivity index (χ1n) is 7.26. The van der Waals surface area contributed by atoms with Crippen molar-refractivity contribution in [3.63, 3.8) is 0 Å². The normalized spacial score (nSPS) is 11.4. The third kappa shape index (κ3) is 3.82. The van der Waals surface area contributed by atoms with Crippen LogP contribution in [0.25, 0.3) is 0 Å². The predicted octanol–water partition coefficient (Wildman–Crippen LogP) is 2.75. The van der Waals surface area contributed by atoms with Gasteiger partial charge in [-0.25, -0.2) is 0 Å². The lowest BCUT2D eigenvalue weighted by molar-refractivity contribution is -0.386. The van der Waals surface area contributed by atoms with E-state index in [1.807, 2.05) is 6.92 Å². The Labute approximate surface area is 130 Å². The minimum absolute atomic E-state index is 0.0201. The van der Waals surface area contributed by atoms with Crippen LogP contribution < -0.4 is 0 Å². The van der Waals surface area contributed by atoms with E-state index in [0.717, 1.165) is 0 Å². The quantitative estimate of drug-likeness (QED) is 0.669. The van der Waals surface area contributed by atoms with Crippen LogP contribution in [0, 0.1) is 30.9 Å². The number of hydrogen-bond donors (Lipinski definition) is 1. The first-order valence-corrected chi connectivity index (χ1v) is 7.26. The number of rotatable bonds is 5. The van der Waals surface area contributed by atoms with Gasteiger partial charge in [0.05, 0.1) is 16.1 Å². The van der Waals surface area contributed by atoms with E-state index in [0.29, 0.717) is 28.8 Å². The molecule has 0 saturated carbocycles. The molecule has 0 aliphatic rings. The van der Waals surface area contributed by atoms with Crippen molar-refractivity contribution in [1.29, 1.82) is 0 Å². The molecule has 0 fully saturated rings. The first kappa shape index (κ1) is 18.1. The van der Waals surface area contributed by atoms with Gasteiger partial charge in [0.1, 0.15) is 0 Å². The molecule has 0 unspecified atom stereocenters. The molecule has 1 amide bonds. The van der Waals surface area contributed by atoms with Gasteiger partial charge >= 0.3 is 0 Å². The Balaban J connectivity index is 3.39. The third-order valence-corrected chi connectivity index (χ3v) is 3.57. The first-order chi connectivity index (χ1) is 9.99. The van der Waals surface area contributed by atoms with Gasteiger partial charge in [-0.15, -0.1) is 0 Å². The highest BCUT2D eigenvalue weighted by atomic mass is 16.6. The van der Waals surface area contributed by atoms with Crippen LogP contribution in [-0.2, 0) is 0 Å². The van der Waals surface area contributed by atoms with Crippen molar-refractivity contribution in [1.82, 2.24) is 4.90 Å². The molecule has 0 radical (unpaired) electrons. The average Bonchev–Trinajstić information content (AvgIpc) is 2.33. The maximum Gasteiger partial charge on any atom is 0.275 e. The average molecular weight is 308 g/mol. The second kappa shape index (κ2) is 6.44. The molecule has 0 heterocycles. The molecule has 1 N–H and O–H groups in total. The molecular weight excluding hydrogens is 284 g/mol. The summed E-state index contributed by atoms with van der Waals surface area (Å²) in [6, 6.07) is 1.66. The molecule has 0 atom stereocenters. The molecule has 0 saturated heterocycles. The smallest absolute Gasteiger partial charge is 0.275 e. The number of likely N-dealkylation sites (N-methyl/N-ethyl adjacent to an activating group) is 1. The summed E-state index contributed by atoms with van der Waals surface area (Å²) in [6.07, 6.45) is 0. The highest BCUT2D eigenvalue weighted by Gasteiger charge is 2.28. The van der Waals surface area contributed by atoms with Crippen LogP contribution in [0.3, 0.4) is 0 Å². The number of nitro groups is 1. The van der Waals surface area contributed by atoms with E-state index in [9.17, 15) is 20.0 Å². The molecule has 122 valence electrons. The Hall–Kier alpha value is -1.95. The summed E-state index contributed by atoms with van der Waals surface area (Å²) in [7, 11) is 0. The Morgan fingerprint density at radius 3 is 2.27 bits per heavy atom. The SMILES string of the molecule is CCN(CC(C)(C)O)C(=O)c1c(C)cc(C)c([N+](=O)[O-])c1C. The van der Waals surface area contributed by atoms with Crippen molar-refractivity contribution in [2.24, 2.45) is 0 Å². The Morgan fingerprint density at radius 2 is 1.86 bits per heavy atom. The van der Waals surface area contributed by atoms with Crippen molar-refractivity contribution in [2.45, 2.75) is 47.1 Å². The van der Waals surface area contributed by atoms with Gasteiger partial charge in [-0.3, -0.25) is 14.9 Å². The zero-order valence-corrected chi connectivity index (χ0v) is 14.1. The second-order valence-electron chi connectivity index (χ2n) is 6.25. The Morgan fingerprint density at radius 1 is 1.32 bits per heavy atom. The molecule has 22 heavy (non-hydrogen) atoms. The second-order valence-corrected chi connectivity index (χ2v) is 6.25. The van der Waals surface area contributed by atoms with Crippen LogP contribution in [0.5, 0.6) is 0 Å². The number of amides is 1. The number of aliphatic hydroxyl groups is 1. The summed E-state index contributed by atoms with van der Waals surface area (Å²) in [5, 5.41) is 21.2. The van der Waals surface area contributed by atoms with Crippen molar-refractivity contribution >= 4 is 11.6 Å². The molecular formula is C16H24N2O4. The fourth-order valence-electron chi connectivity index (χ4n) is 2.74. The van der Waals surface area contributed by atoms with Crippen molar-refractivity contribution in [3.05, 3.63) is 38.4 Å². The van der Waals surface area contributed by atoms with E-state index in [1.165, 1.54) is 4.90 Å². The van der Waals surface area contributed by atoms with Crippen LogP contribution in [-0.4, -0.2) is 39.5 Å². The molecule has 0 aliphatic heterocycles. The van der Waals surface area contributed by atoms with Crippen LogP contribution in [0.15, 0.2) is 6.07 Å². The topological polar surface area (TPSA) is 83.7 Å². The highest BCUT2D eigenvalue weighted by molar-refractivity contribution is 5.98. The zero-order chi connectivity index (χ0) is 17.2. The maximum absolute atomic E-state index is 12.8. The third-order valence-electron chi connectivity index (χ3n) is 3.57. The van der Waals surface area contributed by atoms with Gasteiger partial charge < -0.3 is 10.0 Å². The van der Waals surface area contributed by atoms with Crippen molar-refractivity contribution < 1.29 is 14.8 Å². The van der Waals surface area contributed by atoms with Crippen LogP contribution in [0.1, 0.15) is 47.8 Å². The number of aryl methyl sites for hydroxylation is 2. The van der Waals surface area contributed by atoms with Crippen LogP contribution in [0.2, 0.25) is 0 Å². The fraction of sp³-hybridized carbons (Fsp3) is 0.562. The largest absolute Gasteiger partial charge is 0.389 e. The van der Waals surface area contributed by atoms with Crippen molar-refractivity contribution in [3.8, 4) is 0 Å². The van der Waals surface area contributed by atoms with E-state index in [2.05, 4.69) is 0 Å². The molecule has 0 aromatic heterocycles. The maximum atomic E-state index is 12.8. The Kier molecular flexibility index (Phi) is 5.30. The number of nitro benzene ring substituents is 1. The number of hydrogen-bond acceptors (Lipinski definition) is 4. The molecule has 1 aromatic carbocycles. The summed E-state index contributed by atoms with van der Waals surface area (Å²) in [5.41, 5.74) is 0.935. The number of carbonyl (C=O) groups excluding carboxylic acids is 1. The minimum atomic E-state index is -1.02. The van der Waals surface area contributed by atoms with E-state index < -0.39 is 10.5 Å². The summed E-state index contributed by atoms with van der Waals surface area (Å²) >= 11 is 0. The number of nitrogens with zero attached hydrogens (tertiary/aromatic N) is 2. The number of benzene rings is 1. The van der Waals surface area contributed by atoms with Crippen molar-refractivity contribution in [2.75, 3.05) is 13.1 Å². The van der Waals surface area contributed by atoms with E-state index in [-0.39, 0.29) is 18.1 Å².